The molecule has 2 amide bonds. The molecule has 0 fully saturated rings. The summed E-state index contributed by atoms with van der Waals surface area (Å²) in [4.78, 5) is 27.2. The van der Waals surface area contributed by atoms with Crippen LogP contribution in [0.25, 0.3) is 0 Å². The molecule has 1 aromatic carbocycles. The Morgan fingerprint density at radius 3 is 2.82 bits per heavy atom. The largest absolute Gasteiger partial charge is 0.347 e. The molecule has 0 unspecified atom stereocenters. The van der Waals surface area contributed by atoms with Gasteiger partial charge in [0.15, 0.2) is 5.82 Å². The molecule has 2 aromatic rings. The second kappa shape index (κ2) is 5.55. The molecule has 0 saturated carbocycles. The van der Waals surface area contributed by atoms with E-state index in [2.05, 4.69) is 20.7 Å². The van der Waals surface area contributed by atoms with Crippen LogP contribution in [0.1, 0.15) is 18.3 Å². The summed E-state index contributed by atoms with van der Waals surface area (Å²) in [7, 11) is 1.66. The van der Waals surface area contributed by atoms with Crippen LogP contribution in [0.5, 0.6) is 0 Å². The molecule has 8 heteroatoms. The van der Waals surface area contributed by atoms with Gasteiger partial charge in [0.2, 0.25) is 11.8 Å². The van der Waals surface area contributed by atoms with Crippen molar-refractivity contribution in [3.05, 3.63) is 35.7 Å². The number of anilines is 1. The van der Waals surface area contributed by atoms with Crippen molar-refractivity contribution in [3.63, 3.8) is 0 Å². The normalized spacial score (nSPS) is 16.5. The van der Waals surface area contributed by atoms with E-state index in [9.17, 15) is 9.59 Å². The minimum atomic E-state index is -0.536. The van der Waals surface area contributed by atoms with Crippen molar-refractivity contribution in [2.24, 2.45) is 7.05 Å². The topological polar surface area (TPSA) is 93.0 Å². The van der Waals surface area contributed by atoms with E-state index in [4.69, 9.17) is 0 Å². The number of nitrogens with zero attached hydrogens (tertiary/aromatic N) is 5. The molecule has 1 N–H and O–H groups in total. The summed E-state index contributed by atoms with van der Waals surface area (Å²) in [6, 6.07) is 7.02. The van der Waals surface area contributed by atoms with Gasteiger partial charge >= 0.3 is 0 Å². The van der Waals surface area contributed by atoms with Gasteiger partial charge in [-0.05, 0) is 16.8 Å². The number of nitrogens with one attached hydrogen (secondary N) is 1. The molecular formula is C14H16N6O2. The smallest absolute Gasteiger partial charge is 0.243 e. The molecule has 0 saturated heterocycles. The van der Waals surface area contributed by atoms with E-state index in [-0.39, 0.29) is 18.4 Å². The summed E-state index contributed by atoms with van der Waals surface area (Å²) in [6.45, 7) is 1.65. The van der Waals surface area contributed by atoms with Crippen LogP contribution in [0.2, 0.25) is 0 Å². The quantitative estimate of drug-likeness (QED) is 0.847. The predicted octanol–water partition coefficient (Wildman–Crippen LogP) is -0.196. The number of carbonyl (C=O) groups is 2. The first-order valence-corrected chi connectivity index (χ1v) is 6.94. The highest BCUT2D eigenvalue weighted by Crippen LogP contribution is 2.32. The number of benzene rings is 1. The van der Waals surface area contributed by atoms with Crippen molar-refractivity contribution in [2.75, 3.05) is 4.90 Å². The fraction of sp³-hybridized carbons (Fsp3) is 0.357. The summed E-state index contributed by atoms with van der Waals surface area (Å²) in [5.74, 6) is 0.0577. The fourth-order valence-corrected chi connectivity index (χ4v) is 2.66. The van der Waals surface area contributed by atoms with Gasteiger partial charge in [0.05, 0.1) is 13.6 Å². The first-order valence-electron chi connectivity index (χ1n) is 6.94. The minimum Gasteiger partial charge on any atom is -0.347 e. The lowest BCUT2D eigenvalue weighted by Gasteiger charge is -2.23. The standard InChI is InChI=1S/C14H16N6O2/c1-9(21)20-11-6-4-3-5-10(11)7-12(20)14(22)15-8-13-16-18-19(2)17-13/h3-6,12H,7-8H2,1-2H3,(H,15,22)/t12-/m0/s1. The molecule has 0 bridgehead atoms. The van der Waals surface area contributed by atoms with Crippen LogP contribution >= 0.6 is 0 Å². The molecule has 0 aliphatic carbocycles. The van der Waals surface area contributed by atoms with Crippen LogP contribution in [0.3, 0.4) is 0 Å². The number of aromatic nitrogens is 4. The lowest BCUT2D eigenvalue weighted by molar-refractivity contribution is -0.125. The van der Waals surface area contributed by atoms with E-state index in [1.165, 1.54) is 16.6 Å². The Balaban J connectivity index is 1.74. The molecule has 2 heterocycles. The van der Waals surface area contributed by atoms with Gasteiger partial charge in [0, 0.05) is 19.0 Å². The molecule has 22 heavy (non-hydrogen) atoms. The van der Waals surface area contributed by atoms with E-state index in [1.54, 1.807) is 7.05 Å². The van der Waals surface area contributed by atoms with Crippen molar-refractivity contribution >= 4 is 17.5 Å². The Morgan fingerprint density at radius 1 is 1.36 bits per heavy atom. The summed E-state index contributed by atoms with van der Waals surface area (Å²) < 4.78 is 0. The number of rotatable bonds is 3. The van der Waals surface area contributed by atoms with Crippen LogP contribution in [0.15, 0.2) is 24.3 Å². The van der Waals surface area contributed by atoms with E-state index < -0.39 is 6.04 Å². The molecule has 114 valence electrons. The number of hydrogen-bond acceptors (Lipinski definition) is 5. The van der Waals surface area contributed by atoms with Crippen LogP contribution in [0.4, 0.5) is 5.69 Å². The number of hydrogen-bond donors (Lipinski definition) is 1. The van der Waals surface area contributed by atoms with Crippen molar-refractivity contribution in [3.8, 4) is 0 Å². The van der Waals surface area contributed by atoms with Gasteiger partial charge in [0.25, 0.3) is 0 Å². The average molecular weight is 300 g/mol. The highest BCUT2D eigenvalue weighted by Gasteiger charge is 2.36. The third-order valence-corrected chi connectivity index (χ3v) is 3.59. The molecule has 1 aromatic heterocycles. The maximum Gasteiger partial charge on any atom is 0.243 e. The third-order valence-electron chi connectivity index (χ3n) is 3.59. The molecule has 3 rings (SSSR count). The van der Waals surface area contributed by atoms with E-state index in [1.807, 2.05) is 24.3 Å². The van der Waals surface area contributed by atoms with Gasteiger partial charge < -0.3 is 5.32 Å². The lowest BCUT2D eigenvalue weighted by Crippen LogP contribution is -2.47. The van der Waals surface area contributed by atoms with E-state index in [0.29, 0.717) is 12.2 Å². The fourth-order valence-electron chi connectivity index (χ4n) is 2.66. The number of tetrazole rings is 1. The maximum absolute atomic E-state index is 12.4. The van der Waals surface area contributed by atoms with Gasteiger partial charge in [-0.3, -0.25) is 14.5 Å². The molecule has 1 aliphatic heterocycles. The Labute approximate surface area is 127 Å². The highest BCUT2D eigenvalue weighted by atomic mass is 16.2. The molecule has 8 nitrogen and oxygen atoms in total. The minimum absolute atomic E-state index is 0.150. The van der Waals surface area contributed by atoms with Gasteiger partial charge in [-0.15, -0.1) is 10.2 Å². The Morgan fingerprint density at radius 2 is 2.14 bits per heavy atom. The highest BCUT2D eigenvalue weighted by molar-refractivity contribution is 6.02. The first kappa shape index (κ1) is 14.2. The zero-order valence-electron chi connectivity index (χ0n) is 12.4. The summed E-state index contributed by atoms with van der Waals surface area (Å²) in [5, 5.41) is 14.3. The summed E-state index contributed by atoms with van der Waals surface area (Å²) >= 11 is 0. The third kappa shape index (κ3) is 2.54. The number of carbonyl (C=O) groups excluding carboxylic acids is 2. The van der Waals surface area contributed by atoms with E-state index >= 15 is 0 Å². The molecule has 1 atom stereocenters. The Hall–Kier alpha value is -2.77. The molecular weight excluding hydrogens is 284 g/mol. The van der Waals surface area contributed by atoms with Crippen molar-refractivity contribution in [2.45, 2.75) is 25.9 Å². The van der Waals surface area contributed by atoms with Gasteiger partial charge in [-0.25, -0.2) is 0 Å². The van der Waals surface area contributed by atoms with Crippen molar-refractivity contribution in [1.29, 1.82) is 0 Å². The number of fused-ring (bicyclic) bond motifs is 1. The summed E-state index contributed by atoms with van der Waals surface area (Å²) in [6.07, 6.45) is 0.509. The Bertz CT molecular complexity index is 726. The SMILES string of the molecule is CC(=O)N1c2ccccc2C[C@H]1C(=O)NCc1nnn(C)n1. The summed E-state index contributed by atoms with van der Waals surface area (Å²) in [5.41, 5.74) is 1.79. The Kier molecular flexibility index (Phi) is 3.58. The number of aryl methyl sites for hydroxylation is 1. The molecule has 1 aliphatic rings. The molecule has 0 spiro atoms. The van der Waals surface area contributed by atoms with Crippen LogP contribution < -0.4 is 10.2 Å². The van der Waals surface area contributed by atoms with E-state index in [0.717, 1.165) is 11.3 Å². The lowest BCUT2D eigenvalue weighted by atomic mass is 10.1. The second-order valence-corrected chi connectivity index (χ2v) is 5.15. The van der Waals surface area contributed by atoms with Gasteiger partial charge in [-0.2, -0.15) is 4.80 Å². The molecule has 0 radical (unpaired) electrons. The van der Waals surface area contributed by atoms with Crippen LogP contribution in [-0.4, -0.2) is 38.1 Å². The van der Waals surface area contributed by atoms with Crippen LogP contribution in [-0.2, 0) is 29.6 Å². The van der Waals surface area contributed by atoms with Gasteiger partial charge in [0.1, 0.15) is 6.04 Å². The first-order chi connectivity index (χ1) is 10.6. The number of para-hydroxylation sites is 1. The second-order valence-electron chi connectivity index (χ2n) is 5.15. The zero-order valence-corrected chi connectivity index (χ0v) is 12.4. The average Bonchev–Trinajstić information content (AvgIpc) is 3.08. The van der Waals surface area contributed by atoms with Gasteiger partial charge in [-0.1, -0.05) is 18.2 Å². The van der Waals surface area contributed by atoms with Crippen LogP contribution in [0, 0.1) is 0 Å². The van der Waals surface area contributed by atoms with Crippen molar-refractivity contribution < 1.29 is 9.59 Å². The monoisotopic (exact) mass is 300 g/mol. The zero-order chi connectivity index (χ0) is 15.7. The predicted molar refractivity (Wildman–Crippen MR) is 77.7 cm³/mol. The number of amides is 2. The maximum atomic E-state index is 12.4. The van der Waals surface area contributed by atoms with Crippen molar-refractivity contribution in [1.82, 2.24) is 25.5 Å².